The molecule has 21 heavy (non-hydrogen) atoms. The summed E-state index contributed by atoms with van der Waals surface area (Å²) in [5, 5.41) is 7.65. The number of nitrogens with one attached hydrogen (secondary N) is 2. The first-order valence-electron chi connectivity index (χ1n) is 8.18. The predicted molar refractivity (Wildman–Crippen MR) is 94.6 cm³/mol. The van der Waals surface area contributed by atoms with Gasteiger partial charge >= 0.3 is 0 Å². The molecule has 0 radical (unpaired) electrons. The standard InChI is InChI=1S/C18H28N2S/c1-5-13(4)14-6-8-15(9-7-14)17(12(2)3)20-18(21)19-16-10-11-16/h6-9,12-13,16-17H,5,10-11H2,1-4H3,(H2,19,20,21)/t13-,17-/m1/s1. The predicted octanol–water partition coefficient (Wildman–Crippen LogP) is 4.52. The van der Waals surface area contributed by atoms with E-state index in [9.17, 15) is 0 Å². The third-order valence-electron chi connectivity index (χ3n) is 4.34. The minimum absolute atomic E-state index is 0.273. The molecular formula is C18H28N2S. The molecule has 0 spiro atoms. The van der Waals surface area contributed by atoms with Crippen molar-refractivity contribution >= 4 is 17.3 Å². The maximum atomic E-state index is 5.43. The molecule has 3 heteroatoms. The molecule has 2 N–H and O–H groups in total. The highest BCUT2D eigenvalue weighted by Gasteiger charge is 2.24. The molecule has 0 aliphatic heterocycles. The van der Waals surface area contributed by atoms with Crippen LogP contribution in [0.5, 0.6) is 0 Å². The van der Waals surface area contributed by atoms with Crippen molar-refractivity contribution in [1.29, 1.82) is 0 Å². The maximum Gasteiger partial charge on any atom is 0.167 e. The van der Waals surface area contributed by atoms with Gasteiger partial charge in [-0.05, 0) is 54.4 Å². The molecule has 2 rings (SSSR count). The second-order valence-corrected chi connectivity index (χ2v) is 7.00. The van der Waals surface area contributed by atoms with E-state index in [0.717, 1.165) is 5.11 Å². The highest BCUT2D eigenvalue weighted by molar-refractivity contribution is 7.80. The Labute approximate surface area is 134 Å². The lowest BCUT2D eigenvalue weighted by Gasteiger charge is -2.25. The van der Waals surface area contributed by atoms with Crippen LogP contribution in [0.25, 0.3) is 0 Å². The van der Waals surface area contributed by atoms with Crippen LogP contribution < -0.4 is 10.6 Å². The Morgan fingerprint density at radius 1 is 1.14 bits per heavy atom. The van der Waals surface area contributed by atoms with Gasteiger partial charge in [0.1, 0.15) is 0 Å². The SMILES string of the molecule is CC[C@@H](C)c1ccc([C@H](NC(=S)NC2CC2)C(C)C)cc1. The minimum atomic E-state index is 0.273. The first-order valence-corrected chi connectivity index (χ1v) is 8.59. The molecular weight excluding hydrogens is 276 g/mol. The van der Waals surface area contributed by atoms with Gasteiger partial charge in [-0.2, -0.15) is 0 Å². The van der Waals surface area contributed by atoms with Gasteiger partial charge < -0.3 is 10.6 Å². The van der Waals surface area contributed by atoms with Gasteiger partial charge in [-0.1, -0.05) is 52.0 Å². The largest absolute Gasteiger partial charge is 0.360 e. The molecule has 116 valence electrons. The average molecular weight is 305 g/mol. The van der Waals surface area contributed by atoms with E-state index in [0.29, 0.717) is 17.9 Å². The summed E-state index contributed by atoms with van der Waals surface area (Å²) in [6.45, 7) is 8.99. The average Bonchev–Trinajstić information content (AvgIpc) is 3.27. The number of hydrogen-bond donors (Lipinski definition) is 2. The fraction of sp³-hybridized carbons (Fsp3) is 0.611. The monoisotopic (exact) mass is 304 g/mol. The molecule has 1 aromatic carbocycles. The van der Waals surface area contributed by atoms with Crippen LogP contribution in [0.3, 0.4) is 0 Å². The zero-order valence-electron chi connectivity index (χ0n) is 13.6. The fourth-order valence-corrected chi connectivity index (χ4v) is 2.79. The summed E-state index contributed by atoms with van der Waals surface area (Å²) >= 11 is 5.43. The molecule has 0 unspecified atom stereocenters. The van der Waals surface area contributed by atoms with Crippen molar-refractivity contribution in [3.63, 3.8) is 0 Å². The van der Waals surface area contributed by atoms with Gasteiger partial charge in [0.2, 0.25) is 0 Å². The Bertz CT molecular complexity index is 463. The van der Waals surface area contributed by atoms with Crippen molar-refractivity contribution in [2.24, 2.45) is 5.92 Å². The Hall–Kier alpha value is -1.09. The lowest BCUT2D eigenvalue weighted by atomic mass is 9.92. The summed E-state index contributed by atoms with van der Waals surface area (Å²) in [4.78, 5) is 0. The van der Waals surface area contributed by atoms with Crippen LogP contribution in [0.15, 0.2) is 24.3 Å². The molecule has 1 aliphatic rings. The highest BCUT2D eigenvalue weighted by Crippen LogP contribution is 2.25. The van der Waals surface area contributed by atoms with E-state index in [4.69, 9.17) is 12.2 Å². The van der Waals surface area contributed by atoms with E-state index >= 15 is 0 Å². The summed E-state index contributed by atoms with van der Waals surface area (Å²) in [5.74, 6) is 1.13. The summed E-state index contributed by atoms with van der Waals surface area (Å²) in [7, 11) is 0. The molecule has 1 aliphatic carbocycles. The van der Waals surface area contributed by atoms with Crippen molar-refractivity contribution in [3.8, 4) is 0 Å². The van der Waals surface area contributed by atoms with Gasteiger partial charge in [0, 0.05) is 6.04 Å². The third-order valence-corrected chi connectivity index (χ3v) is 4.58. The van der Waals surface area contributed by atoms with Gasteiger partial charge in [-0.25, -0.2) is 0 Å². The Morgan fingerprint density at radius 3 is 2.19 bits per heavy atom. The second-order valence-electron chi connectivity index (χ2n) is 6.59. The van der Waals surface area contributed by atoms with E-state index in [-0.39, 0.29) is 6.04 Å². The van der Waals surface area contributed by atoms with Gasteiger partial charge in [0.25, 0.3) is 0 Å². The van der Waals surface area contributed by atoms with Crippen LogP contribution >= 0.6 is 12.2 Å². The molecule has 0 heterocycles. The molecule has 0 saturated heterocycles. The number of rotatable bonds is 6. The highest BCUT2D eigenvalue weighted by atomic mass is 32.1. The smallest absolute Gasteiger partial charge is 0.167 e. The first kappa shape index (κ1) is 16.3. The number of benzene rings is 1. The summed E-state index contributed by atoms with van der Waals surface area (Å²) in [6.07, 6.45) is 3.68. The van der Waals surface area contributed by atoms with Crippen LogP contribution in [0.2, 0.25) is 0 Å². The van der Waals surface area contributed by atoms with Crippen LogP contribution in [-0.4, -0.2) is 11.2 Å². The zero-order chi connectivity index (χ0) is 15.4. The molecule has 1 saturated carbocycles. The minimum Gasteiger partial charge on any atom is -0.360 e. The van der Waals surface area contributed by atoms with Crippen LogP contribution in [0.1, 0.15) is 70.0 Å². The summed E-state index contributed by atoms with van der Waals surface area (Å²) in [5.41, 5.74) is 2.74. The van der Waals surface area contributed by atoms with E-state index in [2.05, 4.69) is 62.6 Å². The van der Waals surface area contributed by atoms with Crippen molar-refractivity contribution < 1.29 is 0 Å². The molecule has 0 bridgehead atoms. The molecule has 1 fully saturated rings. The van der Waals surface area contributed by atoms with Gasteiger partial charge in [-0.3, -0.25) is 0 Å². The number of hydrogen-bond acceptors (Lipinski definition) is 1. The summed E-state index contributed by atoms with van der Waals surface area (Å²) < 4.78 is 0. The quantitative estimate of drug-likeness (QED) is 0.755. The topological polar surface area (TPSA) is 24.1 Å². The Kier molecular flexibility index (Phi) is 5.63. The van der Waals surface area contributed by atoms with Crippen molar-refractivity contribution in [1.82, 2.24) is 10.6 Å². The van der Waals surface area contributed by atoms with Crippen LogP contribution in [-0.2, 0) is 0 Å². The zero-order valence-corrected chi connectivity index (χ0v) is 14.5. The molecule has 1 aromatic rings. The van der Waals surface area contributed by atoms with Crippen molar-refractivity contribution in [3.05, 3.63) is 35.4 Å². The van der Waals surface area contributed by atoms with Crippen LogP contribution in [0, 0.1) is 5.92 Å². The van der Waals surface area contributed by atoms with E-state index < -0.39 is 0 Å². The van der Waals surface area contributed by atoms with E-state index in [1.54, 1.807) is 0 Å². The fourth-order valence-electron chi connectivity index (χ4n) is 2.50. The van der Waals surface area contributed by atoms with Crippen molar-refractivity contribution in [2.75, 3.05) is 0 Å². The molecule has 2 atom stereocenters. The van der Waals surface area contributed by atoms with Crippen LogP contribution in [0.4, 0.5) is 0 Å². The maximum absolute atomic E-state index is 5.43. The van der Waals surface area contributed by atoms with Crippen molar-refractivity contribution in [2.45, 2.75) is 65.0 Å². The molecule has 2 nitrogen and oxygen atoms in total. The summed E-state index contributed by atoms with van der Waals surface area (Å²) in [6, 6.07) is 9.90. The lowest BCUT2D eigenvalue weighted by molar-refractivity contribution is 0.468. The Morgan fingerprint density at radius 2 is 1.71 bits per heavy atom. The normalized spacial score (nSPS) is 17.4. The second kappa shape index (κ2) is 7.26. The molecule has 0 aromatic heterocycles. The van der Waals surface area contributed by atoms with Gasteiger partial charge in [0.05, 0.1) is 6.04 Å². The van der Waals surface area contributed by atoms with E-state index in [1.165, 1.54) is 30.4 Å². The molecule has 0 amide bonds. The third kappa shape index (κ3) is 4.70. The first-order chi connectivity index (χ1) is 10.0. The van der Waals surface area contributed by atoms with Gasteiger partial charge in [0.15, 0.2) is 5.11 Å². The van der Waals surface area contributed by atoms with Gasteiger partial charge in [-0.15, -0.1) is 0 Å². The Balaban J connectivity index is 2.04. The lowest BCUT2D eigenvalue weighted by Crippen LogP contribution is -2.40. The number of thiocarbonyl (C=S) groups is 1. The van der Waals surface area contributed by atoms with E-state index in [1.807, 2.05) is 0 Å².